The van der Waals surface area contributed by atoms with Gasteiger partial charge in [0.1, 0.15) is 0 Å². The van der Waals surface area contributed by atoms with E-state index in [4.69, 9.17) is 28.4 Å². The van der Waals surface area contributed by atoms with E-state index in [2.05, 4.69) is 73.6 Å². The molecule has 8 aliphatic heterocycles. The summed E-state index contributed by atoms with van der Waals surface area (Å²) >= 11 is 0. The van der Waals surface area contributed by atoms with E-state index in [0.717, 1.165) is 38.0 Å². The van der Waals surface area contributed by atoms with Gasteiger partial charge in [0.2, 0.25) is 0 Å². The van der Waals surface area contributed by atoms with Gasteiger partial charge in [-0.25, -0.2) is 18.2 Å². The van der Waals surface area contributed by atoms with Crippen LogP contribution in [0.1, 0.15) is 92.2 Å². The van der Waals surface area contributed by atoms with E-state index in [1.807, 2.05) is 30.3 Å². The molecule has 9 heteroatoms. The molecule has 0 amide bonds. The zero-order chi connectivity index (χ0) is 28.5. The molecule has 41 heavy (non-hydrogen) atoms. The Morgan fingerprint density at radius 2 is 0.976 bits per heavy atom. The Kier molecular flexibility index (Phi) is 7.09. The standard InChI is InChI=1S/C27H39O6P2.C5H5.Fe/c1-20-14-24(5)31-21(2,28-20)15-25(6,30-20)34(24)12-18-10-9-11-19(18)13-35-26(7)16-22(3)29-23(4,33-26)17-27(35,8)32-22;1-2-4-5-3-1;/h9-11H,12-17H2,1-8H3;1-5H;/q2*-1;+2. The zero-order valence-corrected chi connectivity index (χ0v) is 28.5. The van der Waals surface area contributed by atoms with Crippen molar-refractivity contribution in [1.29, 1.82) is 0 Å². The minimum Gasteiger partial charge on any atom is -0.339 e. The van der Waals surface area contributed by atoms with E-state index >= 15 is 0 Å². The maximum atomic E-state index is 6.69. The fraction of sp³-hybridized carbons (Fsp3) is 0.688. The van der Waals surface area contributed by atoms with Crippen LogP contribution in [0, 0.1) is 0 Å². The van der Waals surface area contributed by atoms with Crippen LogP contribution in [-0.2, 0) is 57.8 Å². The van der Waals surface area contributed by atoms with Gasteiger partial charge in [0, 0.05) is 25.7 Å². The summed E-state index contributed by atoms with van der Waals surface area (Å²) in [5.74, 6) is -2.23. The molecule has 8 unspecified atom stereocenters. The molecule has 0 saturated carbocycles. The molecule has 2 aromatic rings. The molecule has 8 saturated heterocycles. The second-order valence-corrected chi connectivity index (χ2v) is 20.4. The van der Waals surface area contributed by atoms with Crippen molar-refractivity contribution in [3.63, 3.8) is 0 Å². The molecular formula is C32H44FeO6P2. The van der Waals surface area contributed by atoms with Crippen molar-refractivity contribution in [2.75, 3.05) is 0 Å². The second-order valence-electron chi connectivity index (χ2n) is 14.3. The molecule has 8 aliphatic rings. The monoisotopic (exact) mass is 642 g/mol. The summed E-state index contributed by atoms with van der Waals surface area (Å²) < 4.78 is 39.3. The summed E-state index contributed by atoms with van der Waals surface area (Å²) in [6.45, 7) is 17.5. The van der Waals surface area contributed by atoms with Gasteiger partial charge in [-0.3, -0.25) is 0 Å². The first-order valence-corrected chi connectivity index (χ1v) is 17.7. The molecule has 8 fully saturated rings. The molecule has 6 nitrogen and oxygen atoms in total. The third-order valence-electron chi connectivity index (χ3n) is 9.71. The molecule has 0 aromatic heterocycles. The molecule has 8 bridgehead atoms. The van der Waals surface area contributed by atoms with Crippen LogP contribution in [0.15, 0.2) is 48.5 Å². The van der Waals surface area contributed by atoms with Gasteiger partial charge in [-0.05, 0) is 77.4 Å². The maximum Gasteiger partial charge on any atom is 2.00 e. The van der Waals surface area contributed by atoms with E-state index in [1.165, 1.54) is 11.1 Å². The first kappa shape index (κ1) is 30.8. The molecule has 0 spiro atoms. The fourth-order valence-corrected chi connectivity index (χ4v) is 17.2. The van der Waals surface area contributed by atoms with Crippen molar-refractivity contribution < 1.29 is 45.5 Å². The van der Waals surface area contributed by atoms with Gasteiger partial charge in [-0.15, -0.1) is 0 Å². The number of ether oxygens (including phenoxy) is 6. The van der Waals surface area contributed by atoms with E-state index < -0.39 is 39.0 Å². The molecule has 10 rings (SSSR count). The van der Waals surface area contributed by atoms with Crippen LogP contribution in [0.25, 0.3) is 0 Å². The van der Waals surface area contributed by atoms with Crippen molar-refractivity contribution in [1.82, 2.24) is 0 Å². The summed E-state index contributed by atoms with van der Waals surface area (Å²) in [6.07, 6.45) is 5.16. The summed E-state index contributed by atoms with van der Waals surface area (Å²) in [5.41, 5.74) is 2.87. The zero-order valence-electron chi connectivity index (χ0n) is 25.6. The Labute approximate surface area is 258 Å². The van der Waals surface area contributed by atoms with Crippen molar-refractivity contribution in [2.24, 2.45) is 0 Å². The quantitative estimate of drug-likeness (QED) is 0.190. The summed E-state index contributed by atoms with van der Waals surface area (Å²) in [7, 11) is -1.15. The molecule has 8 heterocycles. The largest absolute Gasteiger partial charge is 2.00 e. The van der Waals surface area contributed by atoms with E-state index in [1.54, 1.807) is 0 Å². The number of hydrogen-bond acceptors (Lipinski definition) is 6. The minimum atomic E-state index is -0.577. The van der Waals surface area contributed by atoms with Gasteiger partial charge in [-0.1, -0.05) is 6.16 Å². The predicted octanol–water partition coefficient (Wildman–Crippen LogP) is 8.24. The SMILES string of the molecule is CC12CC3(C)OC(C)(CC(C)(O1)P3Cc1cc[cH-]c1CP1C3(C)CC4(C)OC(C)(CC1(C)O4)O3)O2.[Fe+2].c1cc[cH-]c1. The van der Waals surface area contributed by atoms with Crippen molar-refractivity contribution in [3.8, 4) is 0 Å². The molecule has 8 atom stereocenters. The van der Waals surface area contributed by atoms with Gasteiger partial charge in [0.25, 0.3) is 0 Å². The van der Waals surface area contributed by atoms with Crippen LogP contribution in [0.4, 0.5) is 0 Å². The van der Waals surface area contributed by atoms with Gasteiger partial charge >= 0.3 is 17.1 Å². The Morgan fingerprint density at radius 1 is 0.585 bits per heavy atom. The Morgan fingerprint density at radius 3 is 1.34 bits per heavy atom. The van der Waals surface area contributed by atoms with Gasteiger partial charge in [0.15, 0.2) is 23.1 Å². The van der Waals surface area contributed by atoms with Crippen molar-refractivity contribution in [2.45, 2.75) is 138 Å². The first-order valence-electron chi connectivity index (χ1n) is 14.7. The summed E-state index contributed by atoms with van der Waals surface area (Å²) in [6, 6.07) is 16.9. The predicted molar refractivity (Wildman–Crippen MR) is 158 cm³/mol. The van der Waals surface area contributed by atoms with Crippen molar-refractivity contribution >= 4 is 15.8 Å². The summed E-state index contributed by atoms with van der Waals surface area (Å²) in [4.78, 5) is 0. The van der Waals surface area contributed by atoms with Crippen LogP contribution in [0.2, 0.25) is 0 Å². The summed E-state index contributed by atoms with van der Waals surface area (Å²) in [5, 5.41) is -0.851. The van der Waals surface area contributed by atoms with Crippen LogP contribution < -0.4 is 0 Å². The van der Waals surface area contributed by atoms with E-state index in [-0.39, 0.29) is 38.4 Å². The molecule has 0 radical (unpaired) electrons. The molecule has 226 valence electrons. The van der Waals surface area contributed by atoms with E-state index in [9.17, 15) is 0 Å². The van der Waals surface area contributed by atoms with Gasteiger partial charge < -0.3 is 28.4 Å². The molecule has 0 N–H and O–H groups in total. The molecule has 0 aliphatic carbocycles. The van der Waals surface area contributed by atoms with Gasteiger partial charge in [-0.2, -0.15) is 41.5 Å². The number of rotatable bonds is 4. The fourth-order valence-electron chi connectivity index (χ4n) is 9.41. The van der Waals surface area contributed by atoms with Crippen LogP contribution >= 0.6 is 15.8 Å². The van der Waals surface area contributed by atoms with Crippen molar-refractivity contribution in [3.05, 3.63) is 59.7 Å². The second kappa shape index (κ2) is 9.43. The minimum absolute atomic E-state index is 0. The van der Waals surface area contributed by atoms with Gasteiger partial charge in [0.05, 0.1) is 21.4 Å². The number of hydrogen-bond donors (Lipinski definition) is 0. The Hall–Kier alpha value is -0.161. The van der Waals surface area contributed by atoms with Crippen LogP contribution in [-0.4, -0.2) is 44.5 Å². The van der Waals surface area contributed by atoms with E-state index in [0.29, 0.717) is 0 Å². The topological polar surface area (TPSA) is 55.4 Å². The van der Waals surface area contributed by atoms with Crippen LogP contribution in [0.5, 0.6) is 0 Å². The third kappa shape index (κ3) is 5.00. The average Bonchev–Trinajstić information content (AvgIpc) is 3.43. The third-order valence-corrected chi connectivity index (χ3v) is 16.6. The smallest absolute Gasteiger partial charge is 0.339 e. The Bertz CT molecular complexity index is 1110. The first-order chi connectivity index (χ1) is 18.5. The maximum absolute atomic E-state index is 6.69. The molecular weight excluding hydrogens is 598 g/mol. The molecule has 2 aromatic carbocycles. The normalized spacial score (nSPS) is 52.2. The average molecular weight is 642 g/mol. The Balaban J connectivity index is 0.000000458. The van der Waals surface area contributed by atoms with Crippen LogP contribution in [0.3, 0.4) is 0 Å².